The SMILES string of the molecule is Cc1nc2cc(N3CC(C(=O)NCc4csc(-c5ccncc5)n4)CC3=O)ccc2s1. The van der Waals surface area contributed by atoms with Gasteiger partial charge in [0.1, 0.15) is 5.01 Å². The molecule has 1 unspecified atom stereocenters. The lowest BCUT2D eigenvalue weighted by Crippen LogP contribution is -2.32. The molecule has 1 saturated heterocycles. The number of benzene rings is 1. The largest absolute Gasteiger partial charge is 0.350 e. The summed E-state index contributed by atoms with van der Waals surface area (Å²) in [7, 11) is 0. The van der Waals surface area contributed by atoms with E-state index < -0.39 is 0 Å². The van der Waals surface area contributed by atoms with Crippen LogP contribution in [0.3, 0.4) is 0 Å². The minimum Gasteiger partial charge on any atom is -0.350 e. The highest BCUT2D eigenvalue weighted by Gasteiger charge is 2.35. The van der Waals surface area contributed by atoms with Crippen LogP contribution in [0, 0.1) is 12.8 Å². The van der Waals surface area contributed by atoms with Gasteiger partial charge in [-0.05, 0) is 37.3 Å². The molecule has 31 heavy (non-hydrogen) atoms. The highest BCUT2D eigenvalue weighted by atomic mass is 32.1. The van der Waals surface area contributed by atoms with E-state index >= 15 is 0 Å². The van der Waals surface area contributed by atoms with Gasteiger partial charge in [-0.1, -0.05) is 0 Å². The Balaban J connectivity index is 1.22. The molecule has 5 rings (SSSR count). The van der Waals surface area contributed by atoms with Gasteiger partial charge in [0.2, 0.25) is 11.8 Å². The van der Waals surface area contributed by atoms with Gasteiger partial charge in [0.25, 0.3) is 0 Å². The summed E-state index contributed by atoms with van der Waals surface area (Å²) in [6.45, 7) is 2.68. The number of rotatable bonds is 5. The van der Waals surface area contributed by atoms with Crippen LogP contribution in [0.4, 0.5) is 5.69 Å². The Morgan fingerprint density at radius 2 is 2.06 bits per heavy atom. The van der Waals surface area contributed by atoms with Gasteiger partial charge in [-0.2, -0.15) is 0 Å². The highest BCUT2D eigenvalue weighted by Crippen LogP contribution is 2.30. The van der Waals surface area contributed by atoms with Crippen LogP contribution in [0.1, 0.15) is 17.1 Å². The summed E-state index contributed by atoms with van der Waals surface area (Å²) in [6.07, 6.45) is 3.67. The second-order valence-electron chi connectivity index (χ2n) is 7.39. The van der Waals surface area contributed by atoms with Gasteiger partial charge in [-0.25, -0.2) is 9.97 Å². The van der Waals surface area contributed by atoms with Crippen LogP contribution in [0.25, 0.3) is 20.8 Å². The van der Waals surface area contributed by atoms with E-state index in [9.17, 15) is 9.59 Å². The number of nitrogens with one attached hydrogen (secondary N) is 1. The van der Waals surface area contributed by atoms with Crippen LogP contribution in [-0.2, 0) is 16.1 Å². The lowest BCUT2D eigenvalue weighted by atomic mass is 10.1. The maximum absolute atomic E-state index is 12.7. The van der Waals surface area contributed by atoms with Gasteiger partial charge < -0.3 is 10.2 Å². The summed E-state index contributed by atoms with van der Waals surface area (Å²) in [4.78, 5) is 40.1. The number of fused-ring (bicyclic) bond motifs is 1. The number of nitrogens with zero attached hydrogens (tertiary/aromatic N) is 4. The van der Waals surface area contributed by atoms with Crippen LogP contribution in [0.15, 0.2) is 48.1 Å². The molecular weight excluding hydrogens is 430 g/mol. The Kier molecular flexibility index (Phi) is 5.21. The van der Waals surface area contributed by atoms with Crippen LogP contribution >= 0.6 is 22.7 Å². The summed E-state index contributed by atoms with van der Waals surface area (Å²) < 4.78 is 1.09. The standard InChI is InChI=1S/C22H19N5O2S2/c1-13-25-18-9-17(2-3-19(18)31-13)27-11-15(8-20(27)28)21(29)24-10-16-12-30-22(26-16)14-4-6-23-7-5-14/h2-7,9,12,15H,8,10-11H2,1H3,(H,24,29). The second-order valence-corrected chi connectivity index (χ2v) is 9.48. The third-order valence-electron chi connectivity index (χ3n) is 5.21. The molecule has 1 N–H and O–H groups in total. The van der Waals surface area contributed by atoms with E-state index in [1.54, 1.807) is 28.6 Å². The number of aromatic nitrogens is 3. The third kappa shape index (κ3) is 4.06. The monoisotopic (exact) mass is 449 g/mol. The molecule has 0 radical (unpaired) electrons. The number of hydrogen-bond acceptors (Lipinski definition) is 7. The van der Waals surface area contributed by atoms with Crippen molar-refractivity contribution in [3.63, 3.8) is 0 Å². The van der Waals surface area contributed by atoms with Gasteiger partial charge in [0.05, 0.1) is 33.4 Å². The molecular formula is C22H19N5O2S2. The molecule has 3 aromatic heterocycles. The van der Waals surface area contributed by atoms with Crippen LogP contribution in [-0.4, -0.2) is 33.3 Å². The molecule has 9 heteroatoms. The van der Waals surface area contributed by atoms with Gasteiger partial charge in [-0.3, -0.25) is 14.6 Å². The number of pyridine rings is 1. The minimum absolute atomic E-state index is 0.0416. The molecule has 0 aliphatic carbocycles. The molecule has 1 atom stereocenters. The first-order valence-electron chi connectivity index (χ1n) is 9.87. The molecule has 156 valence electrons. The summed E-state index contributed by atoms with van der Waals surface area (Å²) in [6, 6.07) is 9.65. The molecule has 0 saturated carbocycles. The van der Waals surface area contributed by atoms with Crippen LogP contribution in [0.5, 0.6) is 0 Å². The third-order valence-corrected chi connectivity index (χ3v) is 7.10. The molecule has 1 aliphatic rings. The number of aryl methyl sites for hydroxylation is 1. The molecule has 0 spiro atoms. The molecule has 2 amide bonds. The van der Waals surface area contributed by atoms with Gasteiger partial charge in [-0.15, -0.1) is 22.7 Å². The molecule has 7 nitrogen and oxygen atoms in total. The average molecular weight is 450 g/mol. The number of hydrogen-bond donors (Lipinski definition) is 1. The van der Waals surface area contributed by atoms with E-state index in [4.69, 9.17) is 0 Å². The maximum atomic E-state index is 12.7. The topological polar surface area (TPSA) is 88.1 Å². The fraction of sp³-hybridized carbons (Fsp3) is 0.227. The fourth-order valence-corrected chi connectivity index (χ4v) is 5.30. The van der Waals surface area contributed by atoms with Gasteiger partial charge >= 0.3 is 0 Å². The predicted molar refractivity (Wildman–Crippen MR) is 122 cm³/mol. The lowest BCUT2D eigenvalue weighted by molar-refractivity contribution is -0.126. The second kappa shape index (κ2) is 8.16. The fourth-order valence-electron chi connectivity index (χ4n) is 3.67. The van der Waals surface area contributed by atoms with Crippen molar-refractivity contribution >= 4 is 50.4 Å². The predicted octanol–water partition coefficient (Wildman–Crippen LogP) is 3.79. The Labute approximate surface area is 186 Å². The smallest absolute Gasteiger partial charge is 0.227 e. The summed E-state index contributed by atoms with van der Waals surface area (Å²) in [5, 5.41) is 6.75. The highest BCUT2D eigenvalue weighted by molar-refractivity contribution is 7.18. The average Bonchev–Trinajstić information content (AvgIpc) is 3.49. The normalized spacial score (nSPS) is 16.2. The van der Waals surface area contributed by atoms with E-state index in [0.717, 1.165) is 37.2 Å². The Hall–Kier alpha value is -3.17. The van der Waals surface area contributed by atoms with Crippen molar-refractivity contribution in [1.29, 1.82) is 0 Å². The van der Waals surface area contributed by atoms with Crippen molar-refractivity contribution in [2.45, 2.75) is 19.9 Å². The van der Waals surface area contributed by atoms with Crippen molar-refractivity contribution in [3.8, 4) is 10.6 Å². The maximum Gasteiger partial charge on any atom is 0.227 e. The molecule has 4 heterocycles. The zero-order chi connectivity index (χ0) is 21.4. The van der Waals surface area contributed by atoms with E-state index in [2.05, 4.69) is 20.3 Å². The van der Waals surface area contributed by atoms with E-state index in [-0.39, 0.29) is 24.2 Å². The van der Waals surface area contributed by atoms with Crippen molar-refractivity contribution in [2.75, 3.05) is 11.4 Å². The zero-order valence-electron chi connectivity index (χ0n) is 16.7. The van der Waals surface area contributed by atoms with E-state index in [0.29, 0.717) is 13.1 Å². The number of carbonyl (C=O) groups is 2. The summed E-state index contributed by atoms with van der Waals surface area (Å²) in [5.74, 6) is -0.543. The number of thiazole rings is 2. The first kappa shape index (κ1) is 19.8. The van der Waals surface area contributed by atoms with E-state index in [1.807, 2.05) is 42.6 Å². The Morgan fingerprint density at radius 1 is 1.23 bits per heavy atom. The van der Waals surface area contributed by atoms with Crippen molar-refractivity contribution in [1.82, 2.24) is 20.3 Å². The van der Waals surface area contributed by atoms with Crippen LogP contribution in [0.2, 0.25) is 0 Å². The quantitative estimate of drug-likeness (QED) is 0.501. The number of carbonyl (C=O) groups excluding carboxylic acids is 2. The summed E-state index contributed by atoms with van der Waals surface area (Å²) in [5.41, 5.74) is 3.48. The minimum atomic E-state index is -0.376. The first-order chi connectivity index (χ1) is 15.1. The number of amides is 2. The summed E-state index contributed by atoms with van der Waals surface area (Å²) >= 11 is 3.16. The van der Waals surface area contributed by atoms with Gasteiger partial charge in [0.15, 0.2) is 0 Å². The Morgan fingerprint density at radius 3 is 2.90 bits per heavy atom. The molecule has 1 aliphatic heterocycles. The molecule has 4 aromatic rings. The van der Waals surface area contributed by atoms with E-state index in [1.165, 1.54) is 11.3 Å². The Bertz CT molecular complexity index is 1270. The van der Waals surface area contributed by atoms with Crippen LogP contribution < -0.4 is 10.2 Å². The zero-order valence-corrected chi connectivity index (χ0v) is 18.4. The lowest BCUT2D eigenvalue weighted by Gasteiger charge is -2.16. The van der Waals surface area contributed by atoms with Crippen molar-refractivity contribution in [2.24, 2.45) is 5.92 Å². The van der Waals surface area contributed by atoms with Crippen molar-refractivity contribution < 1.29 is 9.59 Å². The van der Waals surface area contributed by atoms with Gasteiger partial charge in [0, 0.05) is 42.0 Å². The molecule has 1 aromatic carbocycles. The number of anilines is 1. The van der Waals surface area contributed by atoms with Crippen molar-refractivity contribution in [3.05, 3.63) is 58.8 Å². The molecule has 0 bridgehead atoms. The molecule has 1 fully saturated rings. The first-order valence-corrected chi connectivity index (χ1v) is 11.6.